The molecule has 0 spiro atoms. The zero-order valence-electron chi connectivity index (χ0n) is 16.7. The number of hydrogen-bond donors (Lipinski definition) is 1. The molecule has 3 aliphatic heterocycles. The summed E-state index contributed by atoms with van der Waals surface area (Å²) in [6, 6.07) is 2.28. The van der Waals surface area contributed by atoms with Crippen molar-refractivity contribution in [3.8, 4) is 6.07 Å². The van der Waals surface area contributed by atoms with E-state index in [-0.39, 0.29) is 18.4 Å². The summed E-state index contributed by atoms with van der Waals surface area (Å²) in [6.45, 7) is 6.44. The average molecular weight is 386 g/mol. The summed E-state index contributed by atoms with van der Waals surface area (Å²) in [7, 11) is 1.62. The molecule has 0 aromatic rings. The molecule has 1 unspecified atom stereocenters. The third-order valence-corrected chi connectivity index (χ3v) is 5.22. The highest BCUT2D eigenvalue weighted by Gasteiger charge is 2.50. The summed E-state index contributed by atoms with van der Waals surface area (Å²) >= 11 is 0. The van der Waals surface area contributed by atoms with Crippen LogP contribution < -0.4 is 5.43 Å². The average Bonchev–Trinajstić information content (AvgIpc) is 3.02. The van der Waals surface area contributed by atoms with Crippen LogP contribution in [0.4, 0.5) is 4.79 Å². The highest BCUT2D eigenvalue weighted by atomic mass is 16.6. The Morgan fingerprint density at radius 1 is 1.46 bits per heavy atom. The number of nitrogens with zero attached hydrogens (tertiary/aromatic N) is 5. The third kappa shape index (κ3) is 3.59. The Labute approximate surface area is 164 Å². The fraction of sp³-hybridized carbons (Fsp3) is 0.632. The van der Waals surface area contributed by atoms with Crippen molar-refractivity contribution < 1.29 is 14.3 Å². The number of amides is 2. The number of carbonyl (C=O) groups excluding carboxylic acids is 2. The van der Waals surface area contributed by atoms with E-state index in [2.05, 4.69) is 21.5 Å². The van der Waals surface area contributed by atoms with Crippen LogP contribution in [0.1, 0.15) is 40.0 Å². The van der Waals surface area contributed by atoms with E-state index >= 15 is 0 Å². The molecule has 2 amide bonds. The van der Waals surface area contributed by atoms with Gasteiger partial charge in [-0.3, -0.25) is 20.2 Å². The number of ether oxygens (including phenoxy) is 1. The number of likely N-dealkylation sites (tertiary alicyclic amines) is 1. The van der Waals surface area contributed by atoms with E-state index in [4.69, 9.17) is 4.74 Å². The van der Waals surface area contributed by atoms with E-state index in [0.717, 1.165) is 5.70 Å². The molecule has 0 saturated carbocycles. The topological polar surface area (TPSA) is 110 Å². The van der Waals surface area contributed by atoms with E-state index in [0.29, 0.717) is 31.8 Å². The second-order valence-corrected chi connectivity index (χ2v) is 8.22. The van der Waals surface area contributed by atoms with Gasteiger partial charge in [-0.05, 0) is 39.7 Å². The van der Waals surface area contributed by atoms with Crippen molar-refractivity contribution in [2.75, 3.05) is 20.1 Å². The first-order valence-corrected chi connectivity index (χ1v) is 9.37. The van der Waals surface area contributed by atoms with Crippen LogP contribution in [-0.4, -0.2) is 65.2 Å². The van der Waals surface area contributed by atoms with Gasteiger partial charge in [-0.1, -0.05) is 0 Å². The number of allylic oxidation sites excluding steroid dienone is 1. The zero-order valence-corrected chi connectivity index (χ0v) is 16.7. The molecule has 3 aliphatic rings. The fourth-order valence-electron chi connectivity index (χ4n) is 3.82. The van der Waals surface area contributed by atoms with Crippen molar-refractivity contribution in [1.82, 2.24) is 15.3 Å². The van der Waals surface area contributed by atoms with Crippen LogP contribution >= 0.6 is 0 Å². The minimum absolute atomic E-state index is 0.258. The number of piperidine rings is 1. The number of dihydropyridines is 1. The molecule has 2 saturated heterocycles. The first-order valence-electron chi connectivity index (χ1n) is 9.37. The Balaban J connectivity index is 1.82. The summed E-state index contributed by atoms with van der Waals surface area (Å²) in [5.74, 6) is -0.305. The monoisotopic (exact) mass is 386 g/mol. The second-order valence-electron chi connectivity index (χ2n) is 8.22. The largest absolute Gasteiger partial charge is 0.444 e. The number of rotatable bonds is 2. The molecule has 9 nitrogen and oxygen atoms in total. The SMILES string of the molecule is CN=C1NN(C2(CC#N)CCN(C(=O)OC(C)(C)C)CC2)C2=CC=NC(=O)C21. The lowest BCUT2D eigenvalue weighted by Crippen LogP contribution is -2.58. The Morgan fingerprint density at radius 3 is 2.71 bits per heavy atom. The molecule has 0 aliphatic carbocycles. The Kier molecular flexibility index (Phi) is 5.15. The summed E-state index contributed by atoms with van der Waals surface area (Å²) in [5.41, 5.74) is 2.87. The standard InChI is InChI=1S/C19H26N6O3/c1-18(2,3)28-17(27)24-11-7-19(6-9-20,8-12-24)25-13-5-10-22-16(26)14(13)15(21-4)23-25/h5,10,14H,6-8,11-12H2,1-4H3,(H,21,23). The molecule has 2 fully saturated rings. The molecule has 150 valence electrons. The number of nitrogens with one attached hydrogen (secondary N) is 1. The molecule has 0 radical (unpaired) electrons. The third-order valence-electron chi connectivity index (χ3n) is 5.22. The Morgan fingerprint density at radius 2 is 2.14 bits per heavy atom. The molecule has 9 heteroatoms. The van der Waals surface area contributed by atoms with Gasteiger partial charge in [0.1, 0.15) is 17.4 Å². The number of aliphatic imine (C=N–C) groups is 2. The molecule has 1 N–H and O–H groups in total. The van der Waals surface area contributed by atoms with Crippen molar-refractivity contribution in [3.63, 3.8) is 0 Å². The highest BCUT2D eigenvalue weighted by Crippen LogP contribution is 2.39. The number of fused-ring (bicyclic) bond motifs is 1. The van der Waals surface area contributed by atoms with Crippen molar-refractivity contribution in [1.29, 1.82) is 5.26 Å². The van der Waals surface area contributed by atoms with Gasteiger partial charge < -0.3 is 9.64 Å². The quantitative estimate of drug-likeness (QED) is 0.772. The molecule has 3 rings (SSSR count). The molecule has 1 atom stereocenters. The molecule has 0 aromatic heterocycles. The molecule has 28 heavy (non-hydrogen) atoms. The van der Waals surface area contributed by atoms with E-state index in [1.165, 1.54) is 6.21 Å². The lowest BCUT2D eigenvalue weighted by molar-refractivity contribution is -0.119. The van der Waals surface area contributed by atoms with Crippen molar-refractivity contribution in [2.45, 2.75) is 51.2 Å². The summed E-state index contributed by atoms with van der Waals surface area (Å²) in [5, 5.41) is 11.4. The van der Waals surface area contributed by atoms with Crippen LogP contribution in [0.15, 0.2) is 21.8 Å². The minimum Gasteiger partial charge on any atom is -0.444 e. The van der Waals surface area contributed by atoms with Gasteiger partial charge >= 0.3 is 6.09 Å². The molecule has 0 aromatic carbocycles. The van der Waals surface area contributed by atoms with Gasteiger partial charge in [-0.15, -0.1) is 0 Å². The van der Waals surface area contributed by atoms with Crippen LogP contribution in [-0.2, 0) is 9.53 Å². The van der Waals surface area contributed by atoms with Crippen LogP contribution in [0, 0.1) is 17.2 Å². The van der Waals surface area contributed by atoms with Crippen molar-refractivity contribution >= 4 is 24.1 Å². The van der Waals surface area contributed by atoms with Gasteiger partial charge in [0, 0.05) is 26.4 Å². The van der Waals surface area contributed by atoms with E-state index in [1.54, 1.807) is 18.0 Å². The molecule has 0 bridgehead atoms. The van der Waals surface area contributed by atoms with E-state index < -0.39 is 17.1 Å². The first-order chi connectivity index (χ1) is 13.2. The Hall–Kier alpha value is -2.89. The normalized spacial score (nSPS) is 25.1. The number of nitriles is 1. The van der Waals surface area contributed by atoms with Crippen molar-refractivity contribution in [3.05, 3.63) is 11.8 Å². The molecular weight excluding hydrogens is 360 g/mol. The predicted molar refractivity (Wildman–Crippen MR) is 103 cm³/mol. The number of amidine groups is 1. The Bertz CT molecular complexity index is 793. The van der Waals surface area contributed by atoms with Gasteiger partial charge in [-0.2, -0.15) is 5.26 Å². The van der Waals surface area contributed by atoms with Gasteiger partial charge in [0.2, 0.25) is 0 Å². The minimum atomic E-state index is -0.561. The maximum absolute atomic E-state index is 12.4. The van der Waals surface area contributed by atoms with Gasteiger partial charge in [0.15, 0.2) is 0 Å². The van der Waals surface area contributed by atoms with Crippen LogP contribution in [0.5, 0.6) is 0 Å². The summed E-state index contributed by atoms with van der Waals surface area (Å²) in [4.78, 5) is 34.4. The van der Waals surface area contributed by atoms with Gasteiger partial charge in [0.25, 0.3) is 5.91 Å². The van der Waals surface area contributed by atoms with Gasteiger partial charge in [0.05, 0.1) is 23.7 Å². The van der Waals surface area contributed by atoms with Crippen LogP contribution in [0.2, 0.25) is 0 Å². The number of hydrazine groups is 1. The maximum atomic E-state index is 12.4. The van der Waals surface area contributed by atoms with Crippen LogP contribution in [0.3, 0.4) is 0 Å². The lowest BCUT2D eigenvalue weighted by Gasteiger charge is -2.47. The molecule has 3 heterocycles. The van der Waals surface area contributed by atoms with Gasteiger partial charge in [-0.25, -0.2) is 9.79 Å². The number of hydrogen-bond acceptors (Lipinski definition) is 6. The predicted octanol–water partition coefficient (Wildman–Crippen LogP) is 1.63. The fourth-order valence-corrected chi connectivity index (χ4v) is 3.82. The first kappa shape index (κ1) is 19.9. The highest BCUT2D eigenvalue weighted by molar-refractivity contribution is 6.12. The summed E-state index contributed by atoms with van der Waals surface area (Å²) < 4.78 is 5.47. The van der Waals surface area contributed by atoms with Crippen molar-refractivity contribution in [2.24, 2.45) is 15.9 Å². The van der Waals surface area contributed by atoms with Crippen LogP contribution in [0.25, 0.3) is 0 Å². The molecular formula is C19H26N6O3. The van der Waals surface area contributed by atoms with E-state index in [9.17, 15) is 14.9 Å². The summed E-state index contributed by atoms with van der Waals surface area (Å²) in [6.07, 6.45) is 4.32. The smallest absolute Gasteiger partial charge is 0.410 e. The lowest BCUT2D eigenvalue weighted by atomic mass is 9.83. The second kappa shape index (κ2) is 7.26. The maximum Gasteiger partial charge on any atom is 0.410 e. The van der Waals surface area contributed by atoms with E-state index in [1.807, 2.05) is 25.8 Å². The number of carbonyl (C=O) groups is 2. The zero-order chi connectivity index (χ0) is 20.5.